The third-order valence-corrected chi connectivity index (χ3v) is 7.12. The molecule has 6 nitrogen and oxygen atoms in total. The number of likely N-dealkylation sites (N-methyl/N-ethyl adjacent to an activating group) is 1. The number of pyridine rings is 1. The number of carbonyl (C=O) groups excluding carboxylic acids is 1. The summed E-state index contributed by atoms with van der Waals surface area (Å²) in [5, 5.41) is 1.31. The average Bonchev–Trinajstić information content (AvgIpc) is 3.05. The molecule has 4 rings (SSSR count). The van der Waals surface area contributed by atoms with Gasteiger partial charge < -0.3 is 19.9 Å². The lowest BCUT2D eigenvalue weighted by Gasteiger charge is -2.38. The Bertz CT molecular complexity index is 1170. The van der Waals surface area contributed by atoms with Crippen molar-refractivity contribution in [3.8, 4) is 0 Å². The van der Waals surface area contributed by atoms with Crippen molar-refractivity contribution < 1.29 is 9.53 Å². The topological polar surface area (TPSA) is 73.4 Å². The number of nitrogens with zero attached hydrogens (tertiary/aromatic N) is 3. The zero-order valence-corrected chi connectivity index (χ0v) is 21.3. The normalized spacial score (nSPS) is 19.1. The first kappa shape index (κ1) is 24.4. The van der Waals surface area contributed by atoms with Gasteiger partial charge in [-0.25, -0.2) is 0 Å². The van der Waals surface area contributed by atoms with Crippen LogP contribution in [0.15, 0.2) is 42.7 Å². The molecular weight excluding hydrogens is 424 g/mol. The molecular formula is C28H38N4O2. The molecule has 182 valence electrons. The zero-order valence-electron chi connectivity index (χ0n) is 21.3. The Morgan fingerprint density at radius 3 is 2.74 bits per heavy atom. The maximum Gasteiger partial charge on any atom is 0.323 e. The Morgan fingerprint density at radius 2 is 2.06 bits per heavy atom. The average molecular weight is 463 g/mol. The van der Waals surface area contributed by atoms with Gasteiger partial charge in [0.1, 0.15) is 11.6 Å². The van der Waals surface area contributed by atoms with Crippen LogP contribution in [-0.2, 0) is 28.7 Å². The smallest absolute Gasteiger partial charge is 0.323 e. The Balaban J connectivity index is 1.74. The van der Waals surface area contributed by atoms with E-state index in [4.69, 9.17) is 10.5 Å². The molecule has 3 heterocycles. The summed E-state index contributed by atoms with van der Waals surface area (Å²) in [5.74, 6) is 0.156. The molecule has 3 aromatic rings. The van der Waals surface area contributed by atoms with Crippen molar-refractivity contribution in [3.05, 3.63) is 65.1 Å². The summed E-state index contributed by atoms with van der Waals surface area (Å²) >= 11 is 0. The Labute approximate surface area is 203 Å². The molecule has 0 saturated heterocycles. The third-order valence-electron chi connectivity index (χ3n) is 7.12. The molecule has 2 N–H and O–H groups in total. The number of rotatable bonds is 7. The number of esters is 1. The highest BCUT2D eigenvalue weighted by atomic mass is 16.6. The van der Waals surface area contributed by atoms with Gasteiger partial charge in [-0.05, 0) is 57.0 Å². The van der Waals surface area contributed by atoms with Crippen molar-refractivity contribution >= 4 is 16.9 Å². The van der Waals surface area contributed by atoms with Gasteiger partial charge in [0, 0.05) is 67.0 Å². The molecule has 1 aliphatic rings. The number of hydrogen-bond donors (Lipinski definition) is 1. The first-order chi connectivity index (χ1) is 16.1. The molecule has 3 unspecified atom stereocenters. The highest BCUT2D eigenvalue weighted by Gasteiger charge is 2.40. The lowest BCUT2D eigenvalue weighted by Crippen LogP contribution is -2.42. The predicted octanol–water partition coefficient (Wildman–Crippen LogP) is 4.63. The van der Waals surface area contributed by atoms with Gasteiger partial charge in [-0.3, -0.25) is 9.78 Å². The van der Waals surface area contributed by atoms with E-state index in [9.17, 15) is 4.79 Å². The Kier molecular flexibility index (Phi) is 6.83. The summed E-state index contributed by atoms with van der Waals surface area (Å²) in [6, 6.07) is 9.92. The highest BCUT2D eigenvalue weighted by molar-refractivity contribution is 5.86. The predicted molar refractivity (Wildman–Crippen MR) is 136 cm³/mol. The van der Waals surface area contributed by atoms with E-state index in [1.807, 2.05) is 19.1 Å². The lowest BCUT2D eigenvalue weighted by molar-refractivity contribution is -0.163. The molecule has 1 aliphatic heterocycles. The molecule has 1 aromatic carbocycles. The molecule has 0 saturated carbocycles. The van der Waals surface area contributed by atoms with E-state index in [0.29, 0.717) is 18.8 Å². The number of ether oxygens (including phenoxy) is 1. The lowest BCUT2D eigenvalue weighted by atomic mass is 9.82. The van der Waals surface area contributed by atoms with Crippen molar-refractivity contribution in [2.45, 2.75) is 64.6 Å². The van der Waals surface area contributed by atoms with E-state index >= 15 is 0 Å². The summed E-state index contributed by atoms with van der Waals surface area (Å²) in [5.41, 5.74) is 11.5. The van der Waals surface area contributed by atoms with Gasteiger partial charge in [0.25, 0.3) is 0 Å². The summed E-state index contributed by atoms with van der Waals surface area (Å²) in [6.45, 7) is 10.1. The summed E-state index contributed by atoms with van der Waals surface area (Å²) in [4.78, 5) is 19.8. The van der Waals surface area contributed by atoms with Gasteiger partial charge in [0.15, 0.2) is 0 Å². The SMILES string of the molecule is Cc1ccc2c(c1)c1c(n2C)C(CC(C)(OC(=O)C(N)CC(C)C)c2cccnc2)CN(C)C1. The van der Waals surface area contributed by atoms with Crippen molar-refractivity contribution in [1.29, 1.82) is 0 Å². The van der Waals surface area contributed by atoms with Crippen LogP contribution < -0.4 is 5.73 Å². The summed E-state index contributed by atoms with van der Waals surface area (Å²) in [7, 11) is 4.32. The molecule has 6 heteroatoms. The number of hydrogen-bond acceptors (Lipinski definition) is 5. The van der Waals surface area contributed by atoms with E-state index in [-0.39, 0.29) is 11.9 Å². The maximum absolute atomic E-state index is 13.1. The van der Waals surface area contributed by atoms with Gasteiger partial charge in [-0.1, -0.05) is 31.5 Å². The molecule has 0 aliphatic carbocycles. The fourth-order valence-electron chi connectivity index (χ4n) is 5.57. The van der Waals surface area contributed by atoms with Crippen LogP contribution in [0.4, 0.5) is 0 Å². The molecule has 0 amide bonds. The molecule has 2 aromatic heterocycles. The van der Waals surface area contributed by atoms with Crippen LogP contribution in [0.5, 0.6) is 0 Å². The van der Waals surface area contributed by atoms with Gasteiger partial charge in [0.05, 0.1) is 0 Å². The van der Waals surface area contributed by atoms with Crippen molar-refractivity contribution in [2.24, 2.45) is 18.7 Å². The van der Waals surface area contributed by atoms with Crippen molar-refractivity contribution in [3.63, 3.8) is 0 Å². The van der Waals surface area contributed by atoms with Crippen LogP contribution in [0.2, 0.25) is 0 Å². The maximum atomic E-state index is 13.1. The monoisotopic (exact) mass is 462 g/mol. The number of aromatic nitrogens is 2. The molecule has 0 radical (unpaired) electrons. The molecule has 0 spiro atoms. The molecule has 3 atom stereocenters. The van der Waals surface area contributed by atoms with E-state index in [0.717, 1.165) is 18.7 Å². The fourth-order valence-corrected chi connectivity index (χ4v) is 5.57. The second kappa shape index (κ2) is 9.51. The number of benzene rings is 1. The van der Waals surface area contributed by atoms with E-state index in [2.05, 4.69) is 67.5 Å². The first-order valence-electron chi connectivity index (χ1n) is 12.2. The largest absolute Gasteiger partial charge is 0.453 e. The Morgan fingerprint density at radius 1 is 1.29 bits per heavy atom. The number of fused-ring (bicyclic) bond motifs is 3. The number of aryl methyl sites for hydroxylation is 2. The fraction of sp³-hybridized carbons (Fsp3) is 0.500. The first-order valence-corrected chi connectivity index (χ1v) is 12.2. The minimum absolute atomic E-state index is 0.186. The van der Waals surface area contributed by atoms with E-state index in [1.165, 1.54) is 27.7 Å². The van der Waals surface area contributed by atoms with E-state index < -0.39 is 11.6 Å². The summed E-state index contributed by atoms with van der Waals surface area (Å²) in [6.07, 6.45) is 4.80. The second-order valence-electron chi connectivity index (χ2n) is 10.7. The van der Waals surface area contributed by atoms with Gasteiger partial charge in [-0.15, -0.1) is 0 Å². The minimum Gasteiger partial charge on any atom is -0.453 e. The van der Waals surface area contributed by atoms with Crippen LogP contribution in [-0.4, -0.2) is 40.1 Å². The van der Waals surface area contributed by atoms with Gasteiger partial charge >= 0.3 is 5.97 Å². The van der Waals surface area contributed by atoms with Crippen LogP contribution in [0.3, 0.4) is 0 Å². The van der Waals surface area contributed by atoms with Gasteiger partial charge in [0.2, 0.25) is 0 Å². The van der Waals surface area contributed by atoms with Crippen LogP contribution in [0, 0.1) is 12.8 Å². The van der Waals surface area contributed by atoms with Crippen LogP contribution in [0.25, 0.3) is 10.9 Å². The van der Waals surface area contributed by atoms with Crippen molar-refractivity contribution in [2.75, 3.05) is 13.6 Å². The standard InChI is InChI=1S/C28H38N4O2/c1-18(2)12-24(29)27(33)34-28(4,21-8-7-11-30-15-21)14-20-16-31(5)17-23-22-13-19(3)9-10-25(22)32(6)26(20)23/h7-11,13,15,18,20,24H,12,14,16-17,29H2,1-6H3. The quantitative estimate of drug-likeness (QED) is 0.518. The number of nitrogens with two attached hydrogens (primary N) is 1. The zero-order chi connectivity index (χ0) is 24.6. The van der Waals surface area contributed by atoms with Crippen LogP contribution in [0.1, 0.15) is 61.9 Å². The number of carbonyl (C=O) groups is 1. The van der Waals surface area contributed by atoms with E-state index in [1.54, 1.807) is 12.4 Å². The molecule has 34 heavy (non-hydrogen) atoms. The third kappa shape index (κ3) is 4.75. The van der Waals surface area contributed by atoms with Crippen LogP contribution >= 0.6 is 0 Å². The minimum atomic E-state index is -0.841. The second-order valence-corrected chi connectivity index (χ2v) is 10.7. The Hall–Kier alpha value is -2.70. The van der Waals surface area contributed by atoms with Gasteiger partial charge in [-0.2, -0.15) is 0 Å². The van der Waals surface area contributed by atoms with Crippen molar-refractivity contribution in [1.82, 2.24) is 14.5 Å². The molecule has 0 fully saturated rings. The molecule has 0 bridgehead atoms. The summed E-state index contributed by atoms with van der Waals surface area (Å²) < 4.78 is 8.57. The highest BCUT2D eigenvalue weighted by Crippen LogP contribution is 2.43.